The van der Waals surface area contributed by atoms with Crippen LogP contribution in [-0.2, 0) is 11.4 Å². The number of oxime groups is 1. The van der Waals surface area contributed by atoms with Gasteiger partial charge in [0.1, 0.15) is 11.6 Å². The van der Waals surface area contributed by atoms with Crippen LogP contribution in [-0.4, -0.2) is 42.9 Å². The minimum Gasteiger partial charge on any atom is -0.497 e. The predicted molar refractivity (Wildman–Crippen MR) is 105 cm³/mol. The van der Waals surface area contributed by atoms with Crippen LogP contribution in [0.5, 0.6) is 5.75 Å². The van der Waals surface area contributed by atoms with Gasteiger partial charge in [0.2, 0.25) is 0 Å². The third kappa shape index (κ3) is 5.00. The van der Waals surface area contributed by atoms with Crippen molar-refractivity contribution in [2.75, 3.05) is 20.2 Å². The molecule has 1 N–H and O–H groups in total. The molecular weight excluding hydrogens is 361 g/mol. The molecule has 28 heavy (non-hydrogen) atoms. The zero-order valence-electron chi connectivity index (χ0n) is 16.0. The molecule has 0 saturated heterocycles. The fourth-order valence-electron chi connectivity index (χ4n) is 3.08. The minimum absolute atomic E-state index is 0.173. The molecule has 1 unspecified atom stereocenters. The van der Waals surface area contributed by atoms with E-state index in [2.05, 4.69) is 10.5 Å². The standard InChI is InChI=1S/C21H24FN3O3/c1-3-23-21(26)25(13-15-6-4-9-18(10-15)27-2)14-19-12-20(24-28-19)16-7-5-8-17(22)11-16/h4-11,19H,3,12-14H2,1-2H3,(H,23,26). The van der Waals surface area contributed by atoms with Gasteiger partial charge in [-0.15, -0.1) is 0 Å². The molecule has 1 aliphatic heterocycles. The number of nitrogens with one attached hydrogen (secondary N) is 1. The number of nitrogens with zero attached hydrogens (tertiary/aromatic N) is 2. The number of urea groups is 1. The lowest BCUT2D eigenvalue weighted by atomic mass is 10.0. The van der Waals surface area contributed by atoms with Crippen molar-refractivity contribution in [3.8, 4) is 5.75 Å². The first kappa shape index (κ1) is 19.7. The van der Waals surface area contributed by atoms with Gasteiger partial charge in [0.05, 0.1) is 19.4 Å². The number of hydrogen-bond donors (Lipinski definition) is 1. The fraction of sp³-hybridized carbons (Fsp3) is 0.333. The maximum atomic E-state index is 13.5. The van der Waals surface area contributed by atoms with Gasteiger partial charge in [0, 0.05) is 25.1 Å². The van der Waals surface area contributed by atoms with Crippen molar-refractivity contribution in [3.63, 3.8) is 0 Å². The molecule has 0 spiro atoms. The Morgan fingerprint density at radius 2 is 2.14 bits per heavy atom. The van der Waals surface area contributed by atoms with E-state index in [1.807, 2.05) is 31.2 Å². The number of amides is 2. The third-order valence-electron chi connectivity index (χ3n) is 4.44. The van der Waals surface area contributed by atoms with Crippen LogP contribution < -0.4 is 10.1 Å². The molecule has 0 fully saturated rings. The Kier molecular flexibility index (Phi) is 6.47. The SMILES string of the molecule is CCNC(=O)N(Cc1cccc(OC)c1)CC1CC(c2cccc(F)c2)=NO1. The highest BCUT2D eigenvalue weighted by Crippen LogP contribution is 2.20. The molecule has 0 saturated carbocycles. The van der Waals surface area contributed by atoms with Crippen LogP contribution >= 0.6 is 0 Å². The van der Waals surface area contributed by atoms with Gasteiger partial charge in [-0.3, -0.25) is 0 Å². The van der Waals surface area contributed by atoms with Crippen molar-refractivity contribution >= 4 is 11.7 Å². The molecule has 2 aromatic carbocycles. The van der Waals surface area contributed by atoms with Gasteiger partial charge < -0.3 is 19.8 Å². The van der Waals surface area contributed by atoms with E-state index in [1.165, 1.54) is 12.1 Å². The second-order valence-electron chi connectivity index (χ2n) is 6.55. The highest BCUT2D eigenvalue weighted by atomic mass is 19.1. The van der Waals surface area contributed by atoms with E-state index in [1.54, 1.807) is 24.1 Å². The van der Waals surface area contributed by atoms with Crippen molar-refractivity contribution in [2.45, 2.75) is 26.0 Å². The maximum absolute atomic E-state index is 13.5. The highest BCUT2D eigenvalue weighted by molar-refractivity contribution is 6.01. The number of methoxy groups -OCH3 is 1. The van der Waals surface area contributed by atoms with E-state index in [0.717, 1.165) is 11.3 Å². The minimum atomic E-state index is -0.314. The van der Waals surface area contributed by atoms with Crippen molar-refractivity contribution in [1.29, 1.82) is 0 Å². The number of carbonyl (C=O) groups excluding carboxylic acids is 1. The Morgan fingerprint density at radius 1 is 1.32 bits per heavy atom. The Morgan fingerprint density at radius 3 is 2.89 bits per heavy atom. The molecule has 6 nitrogen and oxygen atoms in total. The maximum Gasteiger partial charge on any atom is 0.317 e. The smallest absolute Gasteiger partial charge is 0.317 e. The van der Waals surface area contributed by atoms with Crippen LogP contribution in [0.3, 0.4) is 0 Å². The monoisotopic (exact) mass is 385 g/mol. The van der Waals surface area contributed by atoms with Gasteiger partial charge >= 0.3 is 6.03 Å². The first-order valence-electron chi connectivity index (χ1n) is 9.23. The fourth-order valence-corrected chi connectivity index (χ4v) is 3.08. The predicted octanol–water partition coefficient (Wildman–Crippen LogP) is 3.56. The summed E-state index contributed by atoms with van der Waals surface area (Å²) in [5.74, 6) is 0.424. The number of carbonyl (C=O) groups is 1. The molecule has 1 atom stereocenters. The van der Waals surface area contributed by atoms with Crippen molar-refractivity contribution in [2.24, 2.45) is 5.16 Å². The summed E-state index contributed by atoms with van der Waals surface area (Å²) in [6, 6.07) is 13.7. The van der Waals surface area contributed by atoms with Gasteiger partial charge in [-0.1, -0.05) is 29.4 Å². The lowest BCUT2D eigenvalue weighted by Crippen LogP contribution is -2.43. The Hall–Kier alpha value is -3.09. The molecule has 2 amide bonds. The number of benzene rings is 2. The summed E-state index contributed by atoms with van der Waals surface area (Å²) < 4.78 is 18.7. The van der Waals surface area contributed by atoms with Crippen LogP contribution in [0.25, 0.3) is 0 Å². The van der Waals surface area contributed by atoms with E-state index in [4.69, 9.17) is 9.57 Å². The van der Waals surface area contributed by atoms with Crippen LogP contribution in [0.1, 0.15) is 24.5 Å². The summed E-state index contributed by atoms with van der Waals surface area (Å²) in [6.07, 6.45) is 0.226. The molecule has 0 bridgehead atoms. The molecule has 2 aromatic rings. The highest BCUT2D eigenvalue weighted by Gasteiger charge is 2.27. The molecule has 0 aliphatic carbocycles. The number of hydrogen-bond acceptors (Lipinski definition) is 4. The topological polar surface area (TPSA) is 63.2 Å². The number of halogens is 1. The molecule has 1 heterocycles. The van der Waals surface area contributed by atoms with Gasteiger partial charge in [-0.05, 0) is 36.8 Å². The Labute approximate surface area is 163 Å². The molecule has 1 aliphatic rings. The van der Waals surface area contributed by atoms with Gasteiger partial charge in [0.25, 0.3) is 0 Å². The largest absolute Gasteiger partial charge is 0.497 e. The normalized spacial score (nSPS) is 15.5. The molecular formula is C21H24FN3O3. The van der Waals surface area contributed by atoms with E-state index in [-0.39, 0.29) is 18.0 Å². The van der Waals surface area contributed by atoms with Gasteiger partial charge in [-0.2, -0.15) is 0 Å². The zero-order valence-corrected chi connectivity index (χ0v) is 16.0. The van der Waals surface area contributed by atoms with Gasteiger partial charge in [-0.25, -0.2) is 9.18 Å². The van der Waals surface area contributed by atoms with Crippen LogP contribution in [0.2, 0.25) is 0 Å². The average molecular weight is 385 g/mol. The van der Waals surface area contributed by atoms with Crippen molar-refractivity contribution in [1.82, 2.24) is 10.2 Å². The lowest BCUT2D eigenvalue weighted by molar-refractivity contribution is 0.0590. The zero-order chi connectivity index (χ0) is 19.9. The first-order chi connectivity index (χ1) is 13.6. The van der Waals surface area contributed by atoms with E-state index in [0.29, 0.717) is 37.3 Å². The Bertz CT molecular complexity index is 856. The summed E-state index contributed by atoms with van der Waals surface area (Å²) in [4.78, 5) is 19.7. The quantitative estimate of drug-likeness (QED) is 0.793. The summed E-state index contributed by atoms with van der Waals surface area (Å²) in [5.41, 5.74) is 2.33. The molecule has 0 aromatic heterocycles. The number of ether oxygens (including phenoxy) is 1. The van der Waals surface area contributed by atoms with E-state index >= 15 is 0 Å². The molecule has 7 heteroatoms. The van der Waals surface area contributed by atoms with Crippen LogP contribution in [0.4, 0.5) is 9.18 Å². The first-order valence-corrected chi connectivity index (χ1v) is 9.23. The summed E-state index contributed by atoms with van der Waals surface area (Å²) >= 11 is 0. The van der Waals surface area contributed by atoms with Crippen LogP contribution in [0.15, 0.2) is 53.7 Å². The summed E-state index contributed by atoms with van der Waals surface area (Å²) in [6.45, 7) is 3.19. The van der Waals surface area contributed by atoms with E-state index in [9.17, 15) is 9.18 Å². The molecule has 0 radical (unpaired) electrons. The van der Waals surface area contributed by atoms with Crippen molar-refractivity contribution < 1.29 is 18.8 Å². The summed E-state index contributed by atoms with van der Waals surface area (Å²) in [7, 11) is 1.61. The van der Waals surface area contributed by atoms with Gasteiger partial charge in [0.15, 0.2) is 6.10 Å². The third-order valence-corrected chi connectivity index (χ3v) is 4.44. The number of rotatable bonds is 7. The Balaban J connectivity index is 1.67. The summed E-state index contributed by atoms with van der Waals surface area (Å²) in [5, 5.41) is 6.92. The second-order valence-corrected chi connectivity index (χ2v) is 6.55. The average Bonchev–Trinajstić information content (AvgIpc) is 3.16. The molecule has 148 valence electrons. The molecule has 3 rings (SSSR count). The second kappa shape index (κ2) is 9.21. The van der Waals surface area contributed by atoms with Crippen molar-refractivity contribution in [3.05, 3.63) is 65.5 Å². The van der Waals surface area contributed by atoms with E-state index < -0.39 is 0 Å². The van der Waals surface area contributed by atoms with Crippen LogP contribution in [0, 0.1) is 5.82 Å². The lowest BCUT2D eigenvalue weighted by Gasteiger charge is -2.25.